The highest BCUT2D eigenvalue weighted by Gasteiger charge is 2.23. The number of pyridine rings is 1. The molecule has 2 amide bonds. The third kappa shape index (κ3) is 4.05. The number of hydrogen-bond donors (Lipinski definition) is 1. The third-order valence-electron chi connectivity index (χ3n) is 5.64. The molecule has 160 valence electrons. The van der Waals surface area contributed by atoms with Crippen molar-refractivity contribution in [1.82, 2.24) is 9.88 Å². The molecule has 1 saturated heterocycles. The van der Waals surface area contributed by atoms with Crippen molar-refractivity contribution >= 4 is 34.1 Å². The van der Waals surface area contributed by atoms with Crippen molar-refractivity contribution in [2.75, 3.05) is 36.4 Å². The lowest BCUT2D eigenvalue weighted by Gasteiger charge is -2.35. The van der Waals surface area contributed by atoms with E-state index in [-0.39, 0.29) is 17.6 Å². The van der Waals surface area contributed by atoms with Gasteiger partial charge in [0.1, 0.15) is 5.82 Å². The zero-order chi connectivity index (χ0) is 21.9. The fourth-order valence-electron chi connectivity index (χ4n) is 3.89. The van der Waals surface area contributed by atoms with E-state index in [0.29, 0.717) is 37.4 Å². The van der Waals surface area contributed by atoms with Gasteiger partial charge in [-0.05, 0) is 47.2 Å². The molecule has 0 aliphatic carbocycles. The van der Waals surface area contributed by atoms with Crippen molar-refractivity contribution in [3.8, 4) is 0 Å². The highest BCUT2D eigenvalue weighted by atomic mass is 16.3. The molecule has 32 heavy (non-hydrogen) atoms. The van der Waals surface area contributed by atoms with Crippen LogP contribution < -0.4 is 10.2 Å². The van der Waals surface area contributed by atoms with E-state index in [1.807, 2.05) is 59.5 Å². The summed E-state index contributed by atoms with van der Waals surface area (Å²) >= 11 is 0. The van der Waals surface area contributed by atoms with Crippen molar-refractivity contribution in [1.29, 1.82) is 0 Å². The largest absolute Gasteiger partial charge is 0.459 e. The molecule has 1 aliphatic rings. The van der Waals surface area contributed by atoms with Crippen LogP contribution in [0.3, 0.4) is 0 Å². The van der Waals surface area contributed by atoms with Crippen LogP contribution in [-0.2, 0) is 0 Å². The molecule has 1 aliphatic heterocycles. The maximum absolute atomic E-state index is 13.0. The van der Waals surface area contributed by atoms with Gasteiger partial charge < -0.3 is 19.5 Å². The second kappa shape index (κ2) is 8.55. The van der Waals surface area contributed by atoms with Crippen molar-refractivity contribution in [3.63, 3.8) is 0 Å². The summed E-state index contributed by atoms with van der Waals surface area (Å²) in [6, 6.07) is 20.9. The summed E-state index contributed by atoms with van der Waals surface area (Å²) in [7, 11) is 0. The first kappa shape index (κ1) is 19.8. The van der Waals surface area contributed by atoms with Gasteiger partial charge in [-0.3, -0.25) is 9.59 Å². The molecule has 2 aromatic carbocycles. The van der Waals surface area contributed by atoms with Crippen LogP contribution in [0.4, 0.5) is 11.5 Å². The second-order valence-corrected chi connectivity index (χ2v) is 7.68. The van der Waals surface area contributed by atoms with Crippen LogP contribution >= 0.6 is 0 Å². The minimum absolute atomic E-state index is 0.0550. The lowest BCUT2D eigenvalue weighted by molar-refractivity contribution is 0.0746. The number of rotatable bonds is 4. The fourth-order valence-corrected chi connectivity index (χ4v) is 3.89. The maximum atomic E-state index is 13.0. The molecule has 0 spiro atoms. The van der Waals surface area contributed by atoms with Crippen molar-refractivity contribution in [3.05, 3.63) is 90.5 Å². The van der Waals surface area contributed by atoms with Crippen LogP contribution in [-0.4, -0.2) is 47.9 Å². The Morgan fingerprint density at radius 1 is 0.875 bits per heavy atom. The lowest BCUT2D eigenvalue weighted by atomic mass is 10.1. The summed E-state index contributed by atoms with van der Waals surface area (Å²) in [6.07, 6.45) is 3.09. The summed E-state index contributed by atoms with van der Waals surface area (Å²) in [5, 5.41) is 4.96. The van der Waals surface area contributed by atoms with Crippen LogP contribution in [0.15, 0.2) is 83.6 Å². The number of piperazine rings is 1. The normalized spacial score (nSPS) is 13.9. The third-order valence-corrected chi connectivity index (χ3v) is 5.64. The lowest BCUT2D eigenvalue weighted by Crippen LogP contribution is -2.49. The van der Waals surface area contributed by atoms with E-state index in [9.17, 15) is 9.59 Å². The van der Waals surface area contributed by atoms with Crippen LogP contribution in [0.2, 0.25) is 0 Å². The van der Waals surface area contributed by atoms with Gasteiger partial charge in [-0.2, -0.15) is 0 Å². The second-order valence-electron chi connectivity index (χ2n) is 7.68. The zero-order valence-electron chi connectivity index (χ0n) is 17.4. The Kier molecular flexibility index (Phi) is 5.29. The minimum Gasteiger partial charge on any atom is -0.459 e. The average molecular weight is 426 g/mol. The summed E-state index contributed by atoms with van der Waals surface area (Å²) in [5.74, 6) is 0.810. The van der Waals surface area contributed by atoms with E-state index >= 15 is 0 Å². The predicted octanol–water partition coefficient (Wildman–Crippen LogP) is 4.04. The van der Waals surface area contributed by atoms with E-state index < -0.39 is 0 Å². The molecule has 4 aromatic rings. The summed E-state index contributed by atoms with van der Waals surface area (Å²) in [5.41, 5.74) is 1.31. The Bertz CT molecular complexity index is 1240. The summed E-state index contributed by atoms with van der Waals surface area (Å²) < 4.78 is 5.10. The van der Waals surface area contributed by atoms with E-state index in [2.05, 4.69) is 15.2 Å². The molecular weight excluding hydrogens is 404 g/mol. The quantitative estimate of drug-likeness (QED) is 0.533. The number of carbonyl (C=O) groups excluding carboxylic acids is 2. The first-order valence-electron chi connectivity index (χ1n) is 10.5. The topological polar surface area (TPSA) is 78.7 Å². The highest BCUT2D eigenvalue weighted by molar-refractivity contribution is 6.02. The van der Waals surface area contributed by atoms with E-state index in [0.717, 1.165) is 16.6 Å². The van der Waals surface area contributed by atoms with Gasteiger partial charge in [-0.15, -0.1) is 0 Å². The van der Waals surface area contributed by atoms with E-state index in [4.69, 9.17) is 4.42 Å². The number of carbonyl (C=O) groups is 2. The number of hydrogen-bond acceptors (Lipinski definition) is 5. The van der Waals surface area contributed by atoms with Gasteiger partial charge >= 0.3 is 0 Å². The number of amides is 2. The first-order chi connectivity index (χ1) is 15.7. The van der Waals surface area contributed by atoms with Crippen molar-refractivity contribution in [2.24, 2.45) is 0 Å². The number of benzene rings is 2. The Balaban J connectivity index is 1.19. The molecule has 0 radical (unpaired) electrons. The predicted molar refractivity (Wildman–Crippen MR) is 123 cm³/mol. The zero-order valence-corrected chi connectivity index (χ0v) is 17.4. The minimum atomic E-state index is -0.314. The highest BCUT2D eigenvalue weighted by Crippen LogP contribution is 2.20. The van der Waals surface area contributed by atoms with Crippen LogP contribution in [0, 0.1) is 0 Å². The molecule has 0 saturated carbocycles. The fraction of sp³-hybridized carbons (Fsp3) is 0.160. The molecule has 0 bridgehead atoms. The van der Waals surface area contributed by atoms with Crippen molar-refractivity contribution in [2.45, 2.75) is 0 Å². The molecule has 2 aromatic heterocycles. The number of fused-ring (bicyclic) bond motifs is 1. The molecular formula is C25H22N4O3. The molecule has 7 heteroatoms. The van der Waals surface area contributed by atoms with Gasteiger partial charge in [-0.25, -0.2) is 4.98 Å². The first-order valence-corrected chi connectivity index (χ1v) is 10.5. The van der Waals surface area contributed by atoms with Gasteiger partial charge in [0.2, 0.25) is 0 Å². The van der Waals surface area contributed by atoms with Gasteiger partial charge in [0.25, 0.3) is 11.8 Å². The average Bonchev–Trinajstić information content (AvgIpc) is 3.39. The van der Waals surface area contributed by atoms with E-state index in [1.165, 1.54) is 6.26 Å². The van der Waals surface area contributed by atoms with Crippen LogP contribution in [0.5, 0.6) is 0 Å². The Hall–Kier alpha value is -4.13. The number of furan rings is 1. The van der Waals surface area contributed by atoms with Crippen LogP contribution in [0.1, 0.15) is 20.9 Å². The number of nitrogens with one attached hydrogen (secondary N) is 1. The van der Waals surface area contributed by atoms with Crippen molar-refractivity contribution < 1.29 is 14.0 Å². The van der Waals surface area contributed by atoms with Gasteiger partial charge in [-0.1, -0.05) is 30.3 Å². The number of nitrogens with zero attached hydrogens (tertiary/aromatic N) is 3. The Labute approximate surface area is 185 Å². The molecule has 3 heterocycles. The van der Waals surface area contributed by atoms with Gasteiger partial charge in [0, 0.05) is 31.7 Å². The molecule has 0 unspecified atom stereocenters. The Morgan fingerprint density at radius 3 is 2.41 bits per heavy atom. The standard InChI is InChI=1S/C25H22N4O3/c30-24(22-6-3-15-32-22)27-21-9-10-23(26-17-21)28-11-13-29(14-12-28)25(31)20-8-7-18-4-1-2-5-19(18)16-20/h1-10,15-17H,11-14H2,(H,27,30). The number of anilines is 2. The van der Waals surface area contributed by atoms with Gasteiger partial charge in [0.05, 0.1) is 18.1 Å². The molecule has 5 rings (SSSR count). The SMILES string of the molecule is O=C(Nc1ccc(N2CCN(C(=O)c3ccc4ccccc4c3)CC2)nc1)c1ccco1. The molecule has 7 nitrogen and oxygen atoms in total. The molecule has 0 atom stereocenters. The monoisotopic (exact) mass is 426 g/mol. The van der Waals surface area contributed by atoms with Crippen LogP contribution in [0.25, 0.3) is 10.8 Å². The number of aromatic nitrogens is 1. The summed E-state index contributed by atoms with van der Waals surface area (Å²) in [6.45, 7) is 2.66. The Morgan fingerprint density at radius 2 is 1.69 bits per heavy atom. The maximum Gasteiger partial charge on any atom is 0.291 e. The van der Waals surface area contributed by atoms with E-state index in [1.54, 1.807) is 18.3 Å². The smallest absolute Gasteiger partial charge is 0.291 e. The summed E-state index contributed by atoms with van der Waals surface area (Å²) in [4.78, 5) is 33.6. The molecule has 1 fully saturated rings. The van der Waals surface area contributed by atoms with Gasteiger partial charge in [0.15, 0.2) is 5.76 Å². The molecule has 1 N–H and O–H groups in total.